The Morgan fingerprint density at radius 1 is 1.15 bits per heavy atom. The normalized spacial score (nSPS) is 11.9. The zero-order valence-corrected chi connectivity index (χ0v) is 15.0. The van der Waals surface area contributed by atoms with Crippen molar-refractivity contribution in [3.8, 4) is 11.5 Å². The van der Waals surface area contributed by atoms with Crippen LogP contribution in [0.4, 0.5) is 13.2 Å². The van der Waals surface area contributed by atoms with Crippen molar-refractivity contribution in [2.24, 2.45) is 0 Å². The van der Waals surface area contributed by atoms with Crippen molar-refractivity contribution >= 4 is 32.9 Å². The summed E-state index contributed by atoms with van der Waals surface area (Å²) in [4.78, 5) is 27.0. The Morgan fingerprint density at radius 3 is 2.70 bits per heavy atom. The van der Waals surface area contributed by atoms with Gasteiger partial charge in [0.25, 0.3) is 0 Å². The number of H-pyrrole nitrogens is 2. The van der Waals surface area contributed by atoms with Crippen molar-refractivity contribution in [2.75, 3.05) is 0 Å². The van der Waals surface area contributed by atoms with Gasteiger partial charge in [-0.3, -0.25) is 4.79 Å². The van der Waals surface area contributed by atoms with E-state index in [9.17, 15) is 18.0 Å². The maximum Gasteiger partial charge on any atom is 0.417 e. The molecule has 0 aliphatic carbocycles. The number of fused-ring (bicyclic) bond motifs is 1. The summed E-state index contributed by atoms with van der Waals surface area (Å²) in [6, 6.07) is 7.97. The average Bonchev–Trinajstić information content (AvgIpc) is 3.26. The van der Waals surface area contributed by atoms with Crippen LogP contribution in [0.1, 0.15) is 21.5 Å². The van der Waals surface area contributed by atoms with Crippen LogP contribution in [0.2, 0.25) is 0 Å². The summed E-state index contributed by atoms with van der Waals surface area (Å²) >= 11 is 3.32. The lowest BCUT2D eigenvalue weighted by Gasteiger charge is -2.10. The summed E-state index contributed by atoms with van der Waals surface area (Å²) in [6.07, 6.45) is -1.64. The number of carbonyl (C=O) groups excluding carboxylic acids is 1. The number of pyridine rings is 1. The first-order valence-corrected chi connectivity index (χ1v) is 8.53. The van der Waals surface area contributed by atoms with E-state index in [-0.39, 0.29) is 5.56 Å². The van der Waals surface area contributed by atoms with Crippen LogP contribution < -0.4 is 0 Å². The molecule has 0 unspecified atom stereocenters. The lowest BCUT2D eigenvalue weighted by molar-refractivity contribution is -0.137. The fraction of sp³-hybridized carbons (Fsp3) is 0.0556. The molecule has 0 bridgehead atoms. The van der Waals surface area contributed by atoms with E-state index in [2.05, 4.69) is 35.9 Å². The molecular formula is C18H10BrF3N4O. The Hall–Kier alpha value is -2.94. The number of hydrogen-bond donors (Lipinski definition) is 2. The average molecular weight is 435 g/mol. The Bertz CT molecular complexity index is 1160. The highest BCUT2D eigenvalue weighted by Crippen LogP contribution is 2.33. The van der Waals surface area contributed by atoms with E-state index < -0.39 is 23.1 Å². The first-order valence-electron chi connectivity index (χ1n) is 7.74. The zero-order valence-electron chi connectivity index (χ0n) is 13.4. The molecule has 0 aliphatic rings. The quantitative estimate of drug-likeness (QED) is 0.447. The first kappa shape index (κ1) is 17.5. The molecule has 27 heavy (non-hydrogen) atoms. The minimum absolute atomic E-state index is 0.108. The molecule has 0 fully saturated rings. The summed E-state index contributed by atoms with van der Waals surface area (Å²) in [5, 5.41) is 0. The van der Waals surface area contributed by atoms with Crippen LogP contribution in [0.5, 0.6) is 0 Å². The van der Waals surface area contributed by atoms with Crippen LogP contribution >= 0.6 is 15.9 Å². The van der Waals surface area contributed by atoms with Crippen LogP contribution in [-0.4, -0.2) is 25.7 Å². The van der Waals surface area contributed by atoms with Gasteiger partial charge >= 0.3 is 6.18 Å². The third-order valence-electron chi connectivity index (χ3n) is 3.98. The van der Waals surface area contributed by atoms with E-state index in [4.69, 9.17) is 0 Å². The SMILES string of the molecule is O=C(c1c[nH]c(-c2nc3ncc(Br)cc3[nH]2)c1)c1ccccc1C(F)(F)F. The molecular weight excluding hydrogens is 425 g/mol. The van der Waals surface area contributed by atoms with Crippen LogP contribution in [0.25, 0.3) is 22.7 Å². The van der Waals surface area contributed by atoms with Crippen molar-refractivity contribution in [2.45, 2.75) is 6.18 Å². The second-order valence-electron chi connectivity index (χ2n) is 5.78. The summed E-state index contributed by atoms with van der Waals surface area (Å²) in [6.45, 7) is 0. The molecule has 9 heteroatoms. The van der Waals surface area contributed by atoms with Crippen molar-refractivity contribution < 1.29 is 18.0 Å². The van der Waals surface area contributed by atoms with Crippen LogP contribution in [0.15, 0.2) is 53.3 Å². The largest absolute Gasteiger partial charge is 0.417 e. The highest BCUT2D eigenvalue weighted by Gasteiger charge is 2.35. The Labute approximate surface area is 158 Å². The minimum Gasteiger partial charge on any atom is -0.358 e. The van der Waals surface area contributed by atoms with Gasteiger partial charge in [0.1, 0.15) is 0 Å². The molecule has 0 spiro atoms. The van der Waals surface area contributed by atoms with Gasteiger partial charge in [-0.2, -0.15) is 13.2 Å². The Balaban J connectivity index is 1.71. The van der Waals surface area contributed by atoms with Gasteiger partial charge in [0.05, 0.1) is 16.8 Å². The lowest BCUT2D eigenvalue weighted by Crippen LogP contribution is -2.13. The number of alkyl halides is 3. The number of aromatic amines is 2. The highest BCUT2D eigenvalue weighted by atomic mass is 79.9. The van der Waals surface area contributed by atoms with Crippen molar-refractivity contribution in [1.82, 2.24) is 19.9 Å². The number of aromatic nitrogens is 4. The van der Waals surface area contributed by atoms with E-state index in [1.54, 1.807) is 12.3 Å². The fourth-order valence-corrected chi connectivity index (χ4v) is 3.08. The molecule has 3 aromatic heterocycles. The van der Waals surface area contributed by atoms with Gasteiger partial charge < -0.3 is 9.97 Å². The number of hydrogen-bond acceptors (Lipinski definition) is 3. The predicted octanol–water partition coefficient (Wildman–Crippen LogP) is 4.97. The summed E-state index contributed by atoms with van der Waals surface area (Å²) in [5.74, 6) is -0.291. The highest BCUT2D eigenvalue weighted by molar-refractivity contribution is 9.10. The van der Waals surface area contributed by atoms with E-state index in [1.807, 2.05) is 0 Å². The number of carbonyl (C=O) groups is 1. The fourth-order valence-electron chi connectivity index (χ4n) is 2.75. The third-order valence-corrected chi connectivity index (χ3v) is 4.42. The number of imidazole rings is 1. The summed E-state index contributed by atoms with van der Waals surface area (Å²) < 4.78 is 40.3. The topological polar surface area (TPSA) is 74.4 Å². The van der Waals surface area contributed by atoms with E-state index in [1.165, 1.54) is 30.5 Å². The van der Waals surface area contributed by atoms with Gasteiger partial charge in [-0.1, -0.05) is 18.2 Å². The Morgan fingerprint density at radius 2 is 1.93 bits per heavy atom. The lowest BCUT2D eigenvalue weighted by atomic mass is 9.99. The van der Waals surface area contributed by atoms with E-state index in [0.29, 0.717) is 22.7 Å². The molecule has 1 aromatic carbocycles. The molecule has 136 valence electrons. The number of halogens is 4. The van der Waals surface area contributed by atoms with Gasteiger partial charge in [-0.25, -0.2) is 9.97 Å². The molecule has 0 atom stereocenters. The maximum atomic E-state index is 13.2. The minimum atomic E-state index is -4.61. The molecule has 3 heterocycles. The molecule has 0 saturated carbocycles. The van der Waals surface area contributed by atoms with Gasteiger partial charge in [-0.15, -0.1) is 0 Å². The van der Waals surface area contributed by atoms with Gasteiger partial charge in [0.15, 0.2) is 17.3 Å². The van der Waals surface area contributed by atoms with Crippen molar-refractivity contribution in [3.05, 3.63) is 70.0 Å². The molecule has 2 N–H and O–H groups in total. The molecule has 0 radical (unpaired) electrons. The molecule has 0 saturated heterocycles. The number of ketones is 1. The van der Waals surface area contributed by atoms with Crippen LogP contribution in [-0.2, 0) is 6.18 Å². The summed E-state index contributed by atoms with van der Waals surface area (Å²) in [7, 11) is 0. The van der Waals surface area contributed by atoms with Gasteiger partial charge in [0.2, 0.25) is 0 Å². The number of nitrogens with zero attached hydrogens (tertiary/aromatic N) is 2. The standard InChI is InChI=1S/C18H10BrF3N4O/c19-10-6-14-16(24-8-10)26-17(25-14)13-5-9(7-23-13)15(27)11-3-1-2-4-12(11)18(20,21)22/h1-8,23H,(H,24,25,26). The van der Waals surface area contributed by atoms with E-state index >= 15 is 0 Å². The second-order valence-corrected chi connectivity index (χ2v) is 6.70. The van der Waals surface area contributed by atoms with Crippen molar-refractivity contribution in [1.29, 1.82) is 0 Å². The number of benzene rings is 1. The second kappa shape index (κ2) is 6.34. The number of nitrogens with one attached hydrogen (secondary N) is 2. The summed E-state index contributed by atoms with van der Waals surface area (Å²) in [5.41, 5.74) is 0.386. The molecule has 0 aliphatic heterocycles. The molecule has 4 aromatic rings. The van der Waals surface area contributed by atoms with Gasteiger partial charge in [-0.05, 0) is 34.1 Å². The molecule has 4 rings (SSSR count). The predicted molar refractivity (Wildman–Crippen MR) is 96.3 cm³/mol. The van der Waals surface area contributed by atoms with Gasteiger partial charge in [0, 0.05) is 28.0 Å². The Kier molecular flexibility index (Phi) is 4.11. The monoisotopic (exact) mass is 434 g/mol. The number of rotatable bonds is 3. The first-order chi connectivity index (χ1) is 12.8. The smallest absolute Gasteiger partial charge is 0.358 e. The van der Waals surface area contributed by atoms with Crippen molar-refractivity contribution in [3.63, 3.8) is 0 Å². The molecule has 5 nitrogen and oxygen atoms in total. The molecule has 0 amide bonds. The van der Waals surface area contributed by atoms with Crippen LogP contribution in [0.3, 0.4) is 0 Å². The zero-order chi connectivity index (χ0) is 19.2. The maximum absolute atomic E-state index is 13.2. The van der Waals surface area contributed by atoms with E-state index in [0.717, 1.165) is 10.5 Å². The third kappa shape index (κ3) is 3.25. The van der Waals surface area contributed by atoms with Crippen LogP contribution in [0, 0.1) is 0 Å².